The van der Waals surface area contributed by atoms with Gasteiger partial charge in [0.2, 0.25) is 5.95 Å². The molecule has 17 heavy (non-hydrogen) atoms. The average molecular weight is 259 g/mol. The summed E-state index contributed by atoms with van der Waals surface area (Å²) >= 11 is 0. The van der Waals surface area contributed by atoms with Gasteiger partial charge in [-0.1, -0.05) is 0 Å². The zero-order valence-electron chi connectivity index (χ0n) is 7.73. The van der Waals surface area contributed by atoms with Crippen LogP contribution in [0.3, 0.4) is 0 Å². The molecule has 0 bridgehead atoms. The van der Waals surface area contributed by atoms with Crippen molar-refractivity contribution in [2.24, 2.45) is 0 Å². The number of carboxylic acids is 1. The van der Waals surface area contributed by atoms with Gasteiger partial charge in [-0.05, 0) is 0 Å². The molecule has 0 aromatic carbocycles. The van der Waals surface area contributed by atoms with Crippen molar-refractivity contribution in [1.82, 2.24) is 4.98 Å². The van der Waals surface area contributed by atoms with Gasteiger partial charge >= 0.3 is 12.1 Å². The van der Waals surface area contributed by atoms with E-state index in [2.05, 4.69) is 4.98 Å². The lowest BCUT2D eigenvalue weighted by Gasteiger charge is -2.13. The smallest absolute Gasteiger partial charge is 0.417 e. The summed E-state index contributed by atoms with van der Waals surface area (Å²) in [6.45, 7) is 0. The molecule has 1 N–H and O–H groups in total. The minimum Gasteiger partial charge on any atom is -0.476 e. The summed E-state index contributed by atoms with van der Waals surface area (Å²) in [6.07, 6.45) is -9.02. The van der Waals surface area contributed by atoms with Crippen LogP contribution in [-0.4, -0.2) is 16.1 Å². The first-order valence-electron chi connectivity index (χ1n) is 3.93. The van der Waals surface area contributed by atoms with E-state index in [9.17, 15) is 31.1 Å². The molecule has 0 amide bonds. The van der Waals surface area contributed by atoms with E-state index in [0.29, 0.717) is 0 Å². The second kappa shape index (κ2) is 4.22. The van der Waals surface area contributed by atoms with Gasteiger partial charge in [-0.2, -0.15) is 17.6 Å². The molecule has 0 aliphatic carbocycles. The lowest BCUT2D eigenvalue weighted by molar-refractivity contribution is -0.139. The molecule has 0 atom stereocenters. The second-order valence-electron chi connectivity index (χ2n) is 2.86. The molecule has 0 fully saturated rings. The van der Waals surface area contributed by atoms with Gasteiger partial charge < -0.3 is 5.11 Å². The Morgan fingerprint density at radius 2 is 1.88 bits per heavy atom. The maximum atomic E-state index is 12.6. The Bertz CT molecular complexity index is 456. The molecule has 0 aliphatic rings. The number of aromatic carboxylic acids is 1. The summed E-state index contributed by atoms with van der Waals surface area (Å²) < 4.78 is 74.3. The van der Waals surface area contributed by atoms with Crippen LogP contribution in [0.15, 0.2) is 6.07 Å². The molecule has 94 valence electrons. The van der Waals surface area contributed by atoms with E-state index in [1.165, 1.54) is 0 Å². The number of halogens is 6. The van der Waals surface area contributed by atoms with Crippen LogP contribution in [0, 0.1) is 5.95 Å². The van der Waals surface area contributed by atoms with Crippen LogP contribution in [-0.2, 0) is 6.18 Å². The largest absolute Gasteiger partial charge is 0.476 e. The van der Waals surface area contributed by atoms with E-state index in [0.717, 1.165) is 0 Å². The normalized spacial score (nSPS) is 11.9. The SMILES string of the molecule is O=C(O)c1nc(F)cc(C(F)(F)F)c1C(F)F. The Kier molecular flexibility index (Phi) is 3.30. The quantitative estimate of drug-likeness (QED) is 0.656. The van der Waals surface area contributed by atoms with Crippen molar-refractivity contribution in [3.8, 4) is 0 Å². The number of hydrogen-bond acceptors (Lipinski definition) is 2. The molecule has 9 heteroatoms. The third kappa shape index (κ3) is 2.66. The second-order valence-corrected chi connectivity index (χ2v) is 2.86. The number of carbonyl (C=O) groups is 1. The van der Waals surface area contributed by atoms with Gasteiger partial charge in [-0.3, -0.25) is 0 Å². The fourth-order valence-corrected chi connectivity index (χ4v) is 1.14. The van der Waals surface area contributed by atoms with Crippen LogP contribution in [0.5, 0.6) is 0 Å². The minimum absolute atomic E-state index is 0.270. The molecule has 1 rings (SSSR count). The number of pyridine rings is 1. The van der Waals surface area contributed by atoms with Crippen molar-refractivity contribution in [3.63, 3.8) is 0 Å². The van der Waals surface area contributed by atoms with Crippen molar-refractivity contribution < 1.29 is 36.2 Å². The predicted molar refractivity (Wildman–Crippen MR) is 41.1 cm³/mol. The first-order chi connectivity index (χ1) is 7.64. The maximum absolute atomic E-state index is 12.6. The number of alkyl halides is 5. The van der Waals surface area contributed by atoms with E-state index in [1.807, 2.05) is 0 Å². The third-order valence-electron chi connectivity index (χ3n) is 1.75. The van der Waals surface area contributed by atoms with Gasteiger partial charge in [0.15, 0.2) is 5.69 Å². The van der Waals surface area contributed by atoms with Crippen LogP contribution in [0.25, 0.3) is 0 Å². The monoisotopic (exact) mass is 259 g/mol. The highest BCUT2D eigenvalue weighted by atomic mass is 19.4. The minimum atomic E-state index is -5.29. The summed E-state index contributed by atoms with van der Waals surface area (Å²) in [5.41, 5.74) is -5.53. The lowest BCUT2D eigenvalue weighted by Crippen LogP contribution is -2.17. The van der Waals surface area contributed by atoms with Crippen LogP contribution in [0.4, 0.5) is 26.3 Å². The number of rotatable bonds is 2. The molecule has 3 nitrogen and oxygen atoms in total. The van der Waals surface area contributed by atoms with E-state index < -0.39 is 41.3 Å². The van der Waals surface area contributed by atoms with Crippen LogP contribution in [0.2, 0.25) is 0 Å². The molecule has 0 radical (unpaired) electrons. The average Bonchev–Trinajstić information content (AvgIpc) is 2.14. The Labute approximate surface area is 89.7 Å². The van der Waals surface area contributed by atoms with Gasteiger partial charge in [-0.25, -0.2) is 18.6 Å². The summed E-state index contributed by atoms with van der Waals surface area (Å²) in [6, 6.07) is -0.270. The van der Waals surface area contributed by atoms with E-state index in [1.54, 1.807) is 0 Å². The Morgan fingerprint density at radius 3 is 2.24 bits per heavy atom. The fourth-order valence-electron chi connectivity index (χ4n) is 1.14. The highest BCUT2D eigenvalue weighted by Gasteiger charge is 2.39. The number of nitrogens with zero attached hydrogens (tertiary/aromatic N) is 1. The standard InChI is InChI=1S/C8H3F6NO2/c9-3-1-2(8(12,13)14)4(6(10)11)5(15-3)7(16)17/h1,6H,(H,16,17). The van der Waals surface area contributed by atoms with Gasteiger partial charge in [-0.15, -0.1) is 0 Å². The molecule has 0 unspecified atom stereocenters. The molecule has 1 aromatic heterocycles. The lowest BCUT2D eigenvalue weighted by atomic mass is 10.1. The van der Waals surface area contributed by atoms with Gasteiger partial charge in [0.25, 0.3) is 6.43 Å². The molecule has 1 aromatic rings. The Morgan fingerprint density at radius 1 is 1.35 bits per heavy atom. The van der Waals surface area contributed by atoms with Crippen LogP contribution < -0.4 is 0 Å². The third-order valence-corrected chi connectivity index (χ3v) is 1.75. The molecular formula is C8H3F6NO2. The highest BCUT2D eigenvalue weighted by molar-refractivity contribution is 5.87. The molecule has 0 spiro atoms. The Balaban J connectivity index is 3.64. The summed E-state index contributed by atoms with van der Waals surface area (Å²) in [5, 5.41) is 8.40. The number of hydrogen-bond donors (Lipinski definition) is 1. The first kappa shape index (κ1) is 13.3. The summed E-state index contributed by atoms with van der Waals surface area (Å²) in [7, 11) is 0. The van der Waals surface area contributed by atoms with E-state index in [-0.39, 0.29) is 6.07 Å². The maximum Gasteiger partial charge on any atom is 0.417 e. The van der Waals surface area contributed by atoms with Gasteiger partial charge in [0.1, 0.15) is 0 Å². The fraction of sp³-hybridized carbons (Fsp3) is 0.250. The van der Waals surface area contributed by atoms with Crippen molar-refractivity contribution >= 4 is 5.97 Å². The zero-order chi connectivity index (χ0) is 13.4. The topological polar surface area (TPSA) is 50.2 Å². The van der Waals surface area contributed by atoms with Crippen molar-refractivity contribution in [3.05, 3.63) is 28.8 Å². The number of aromatic nitrogens is 1. The van der Waals surface area contributed by atoms with E-state index in [4.69, 9.17) is 5.11 Å². The van der Waals surface area contributed by atoms with Gasteiger partial charge in [0, 0.05) is 6.07 Å². The highest BCUT2D eigenvalue weighted by Crippen LogP contribution is 2.37. The summed E-state index contributed by atoms with van der Waals surface area (Å²) in [4.78, 5) is 12.9. The molecule has 0 aliphatic heterocycles. The molecular weight excluding hydrogens is 256 g/mol. The van der Waals surface area contributed by atoms with Crippen molar-refractivity contribution in [2.75, 3.05) is 0 Å². The van der Waals surface area contributed by atoms with E-state index >= 15 is 0 Å². The van der Waals surface area contributed by atoms with Gasteiger partial charge in [0.05, 0.1) is 11.1 Å². The molecule has 0 saturated heterocycles. The first-order valence-corrected chi connectivity index (χ1v) is 3.93. The number of carboxylic acid groups (broad SMARTS) is 1. The molecule has 1 heterocycles. The predicted octanol–water partition coefficient (Wildman–Crippen LogP) is 2.88. The van der Waals surface area contributed by atoms with Crippen molar-refractivity contribution in [1.29, 1.82) is 0 Å². The zero-order valence-corrected chi connectivity index (χ0v) is 7.73. The summed E-state index contributed by atoms with van der Waals surface area (Å²) in [5.74, 6) is -3.95. The Hall–Kier alpha value is -1.80. The van der Waals surface area contributed by atoms with Crippen molar-refractivity contribution in [2.45, 2.75) is 12.6 Å². The van der Waals surface area contributed by atoms with Crippen LogP contribution >= 0.6 is 0 Å². The molecule has 0 saturated carbocycles. The van der Waals surface area contributed by atoms with Crippen LogP contribution in [0.1, 0.15) is 28.0 Å².